The molecule has 2 heterocycles. The average molecular weight is 186 g/mol. The highest BCUT2D eigenvalue weighted by Crippen LogP contribution is 2.42. The minimum Gasteiger partial charge on any atom is -0.394 e. The van der Waals surface area contributed by atoms with Crippen LogP contribution >= 0.6 is 0 Å². The lowest BCUT2D eigenvalue weighted by Gasteiger charge is -2.35. The van der Waals surface area contributed by atoms with Crippen LogP contribution in [0.2, 0.25) is 0 Å². The van der Waals surface area contributed by atoms with Gasteiger partial charge in [0.2, 0.25) is 0 Å². The predicted octanol–water partition coefficient (Wildman–Crippen LogP) is -0.548. The monoisotopic (exact) mass is 186 g/mol. The fraction of sp³-hybridized carbons (Fsp3) is 0.778. The maximum atomic E-state index is 9.77. The third-order valence-corrected chi connectivity index (χ3v) is 2.72. The molecule has 2 N–H and O–H groups in total. The van der Waals surface area contributed by atoms with Gasteiger partial charge in [0.05, 0.1) is 19.3 Å². The second kappa shape index (κ2) is 3.06. The molecule has 0 radical (unpaired) electrons. The van der Waals surface area contributed by atoms with E-state index in [2.05, 4.69) is 6.58 Å². The molecule has 2 fully saturated rings. The summed E-state index contributed by atoms with van der Waals surface area (Å²) in [6.45, 7) is 4.09. The van der Waals surface area contributed by atoms with Crippen LogP contribution < -0.4 is 0 Å². The van der Waals surface area contributed by atoms with Crippen LogP contribution in [0.5, 0.6) is 0 Å². The highest BCUT2D eigenvalue weighted by Gasteiger charge is 2.57. The fourth-order valence-corrected chi connectivity index (χ4v) is 1.82. The Balaban J connectivity index is 2.10. The molecule has 4 heteroatoms. The summed E-state index contributed by atoms with van der Waals surface area (Å²) in [5, 5.41) is 18.7. The summed E-state index contributed by atoms with van der Waals surface area (Å²) in [5.41, 5.74) is -0.468. The minimum atomic E-state index is -0.646. The van der Waals surface area contributed by atoms with Gasteiger partial charge in [-0.05, 0) is 0 Å². The second-order valence-corrected chi connectivity index (χ2v) is 3.64. The van der Waals surface area contributed by atoms with Crippen molar-refractivity contribution in [2.75, 3.05) is 13.2 Å². The van der Waals surface area contributed by atoms with Crippen LogP contribution in [0.1, 0.15) is 6.42 Å². The molecule has 2 aliphatic rings. The molecule has 0 saturated carbocycles. The molecule has 0 aliphatic carbocycles. The molecule has 4 atom stereocenters. The molecule has 0 aromatic rings. The van der Waals surface area contributed by atoms with Gasteiger partial charge in [-0.3, -0.25) is 0 Å². The van der Waals surface area contributed by atoms with Gasteiger partial charge in [0.15, 0.2) is 0 Å². The van der Waals surface area contributed by atoms with E-state index in [0.29, 0.717) is 13.0 Å². The first kappa shape index (κ1) is 9.15. The SMILES string of the molecule is C=C[C@H]1O[C@H](CO)C[C@@]2(CO2)[C@@H]1O. The summed E-state index contributed by atoms with van der Waals surface area (Å²) in [4.78, 5) is 0. The highest BCUT2D eigenvalue weighted by molar-refractivity contribution is 5.09. The van der Waals surface area contributed by atoms with Crippen molar-refractivity contribution in [3.63, 3.8) is 0 Å². The van der Waals surface area contributed by atoms with Gasteiger partial charge < -0.3 is 19.7 Å². The molecule has 13 heavy (non-hydrogen) atoms. The summed E-state index contributed by atoms with van der Waals surface area (Å²) >= 11 is 0. The van der Waals surface area contributed by atoms with E-state index in [9.17, 15) is 5.11 Å². The quantitative estimate of drug-likeness (QED) is 0.449. The van der Waals surface area contributed by atoms with Crippen molar-refractivity contribution in [1.82, 2.24) is 0 Å². The second-order valence-electron chi connectivity index (χ2n) is 3.64. The van der Waals surface area contributed by atoms with Crippen molar-refractivity contribution < 1.29 is 19.7 Å². The lowest BCUT2D eigenvalue weighted by Crippen LogP contribution is -2.50. The molecule has 0 amide bonds. The minimum absolute atomic E-state index is 0.0395. The molecule has 0 aromatic carbocycles. The standard InChI is InChI=1S/C9H14O4/c1-2-7-8(11)9(5-12-9)3-6(4-10)13-7/h2,6-8,10-11H,1,3-5H2/t6-,7+,8+,9+/m0/s1. The third-order valence-electron chi connectivity index (χ3n) is 2.72. The first-order chi connectivity index (χ1) is 6.22. The van der Waals surface area contributed by atoms with E-state index < -0.39 is 17.8 Å². The van der Waals surface area contributed by atoms with Gasteiger partial charge in [0.1, 0.15) is 17.8 Å². The maximum Gasteiger partial charge on any atom is 0.123 e. The normalized spacial score (nSPS) is 49.2. The van der Waals surface area contributed by atoms with Crippen molar-refractivity contribution in [2.45, 2.75) is 30.3 Å². The van der Waals surface area contributed by atoms with Crippen LogP contribution in [0.4, 0.5) is 0 Å². The number of aliphatic hydroxyl groups is 2. The Morgan fingerprint density at radius 3 is 2.77 bits per heavy atom. The highest BCUT2D eigenvalue weighted by atomic mass is 16.6. The molecule has 2 saturated heterocycles. The fourth-order valence-electron chi connectivity index (χ4n) is 1.82. The zero-order valence-corrected chi connectivity index (χ0v) is 7.35. The largest absolute Gasteiger partial charge is 0.394 e. The number of hydrogen-bond acceptors (Lipinski definition) is 4. The molecule has 4 nitrogen and oxygen atoms in total. The zero-order valence-electron chi connectivity index (χ0n) is 7.35. The Bertz CT molecular complexity index is 212. The van der Waals surface area contributed by atoms with Crippen LogP contribution in [0.15, 0.2) is 12.7 Å². The van der Waals surface area contributed by atoms with E-state index >= 15 is 0 Å². The average Bonchev–Trinajstić information content (AvgIpc) is 2.91. The predicted molar refractivity (Wildman–Crippen MR) is 45.3 cm³/mol. The molecule has 2 rings (SSSR count). The topological polar surface area (TPSA) is 62.2 Å². The summed E-state index contributed by atoms with van der Waals surface area (Å²) in [6.07, 6.45) is 0.806. The van der Waals surface area contributed by atoms with E-state index in [1.165, 1.54) is 0 Å². The molecule has 0 bridgehead atoms. The smallest absolute Gasteiger partial charge is 0.123 e. The van der Waals surface area contributed by atoms with E-state index in [4.69, 9.17) is 14.6 Å². The van der Waals surface area contributed by atoms with Gasteiger partial charge in [-0.15, -0.1) is 6.58 Å². The van der Waals surface area contributed by atoms with E-state index in [1.54, 1.807) is 6.08 Å². The van der Waals surface area contributed by atoms with Crippen LogP contribution in [0.3, 0.4) is 0 Å². The van der Waals surface area contributed by atoms with E-state index in [0.717, 1.165) is 0 Å². The van der Waals surface area contributed by atoms with Crippen LogP contribution in [0.25, 0.3) is 0 Å². The third kappa shape index (κ3) is 1.40. The van der Waals surface area contributed by atoms with Crippen molar-refractivity contribution in [2.24, 2.45) is 0 Å². The summed E-state index contributed by atoms with van der Waals surface area (Å²) in [6, 6.07) is 0. The molecule has 1 spiro atoms. The Morgan fingerprint density at radius 1 is 1.62 bits per heavy atom. The molecular weight excluding hydrogens is 172 g/mol. The Hall–Kier alpha value is -0.420. The van der Waals surface area contributed by atoms with Crippen LogP contribution in [0, 0.1) is 0 Å². The number of ether oxygens (including phenoxy) is 2. The van der Waals surface area contributed by atoms with Gasteiger partial charge >= 0.3 is 0 Å². The number of hydrogen-bond donors (Lipinski definition) is 2. The summed E-state index contributed by atoms with van der Waals surface area (Å²) in [7, 11) is 0. The first-order valence-corrected chi connectivity index (χ1v) is 4.43. The number of rotatable bonds is 2. The maximum absolute atomic E-state index is 9.77. The number of aliphatic hydroxyl groups excluding tert-OH is 2. The van der Waals surface area contributed by atoms with E-state index in [1.807, 2.05) is 0 Å². The molecular formula is C9H14O4. The van der Waals surface area contributed by atoms with Crippen molar-refractivity contribution >= 4 is 0 Å². The van der Waals surface area contributed by atoms with Gasteiger partial charge in [0, 0.05) is 6.42 Å². The molecule has 2 aliphatic heterocycles. The lowest BCUT2D eigenvalue weighted by atomic mass is 9.89. The van der Waals surface area contributed by atoms with Crippen molar-refractivity contribution in [1.29, 1.82) is 0 Å². The van der Waals surface area contributed by atoms with Gasteiger partial charge in [-0.2, -0.15) is 0 Å². The Labute approximate surface area is 76.8 Å². The van der Waals surface area contributed by atoms with E-state index in [-0.39, 0.29) is 12.7 Å². The number of epoxide rings is 1. The lowest BCUT2D eigenvalue weighted by molar-refractivity contribution is -0.143. The van der Waals surface area contributed by atoms with Crippen LogP contribution in [-0.4, -0.2) is 47.3 Å². The van der Waals surface area contributed by atoms with Crippen LogP contribution in [-0.2, 0) is 9.47 Å². The zero-order chi connectivity index (χ0) is 9.47. The van der Waals surface area contributed by atoms with Gasteiger partial charge in [0.25, 0.3) is 0 Å². The van der Waals surface area contributed by atoms with Gasteiger partial charge in [-0.25, -0.2) is 0 Å². The molecule has 0 unspecified atom stereocenters. The Morgan fingerprint density at radius 2 is 2.31 bits per heavy atom. The summed E-state index contributed by atoms with van der Waals surface area (Å²) in [5.74, 6) is 0. The first-order valence-electron chi connectivity index (χ1n) is 4.43. The molecule has 0 aromatic heterocycles. The summed E-state index contributed by atoms with van der Waals surface area (Å²) < 4.78 is 10.6. The van der Waals surface area contributed by atoms with Crippen molar-refractivity contribution in [3.05, 3.63) is 12.7 Å². The Kier molecular flexibility index (Phi) is 2.15. The van der Waals surface area contributed by atoms with Gasteiger partial charge in [-0.1, -0.05) is 6.08 Å². The molecule has 74 valence electrons. The van der Waals surface area contributed by atoms with Crippen molar-refractivity contribution in [3.8, 4) is 0 Å².